The van der Waals surface area contributed by atoms with Gasteiger partial charge in [-0.2, -0.15) is 0 Å². The van der Waals surface area contributed by atoms with Crippen LogP contribution in [0, 0.1) is 17.6 Å². The van der Waals surface area contributed by atoms with Crippen LogP contribution in [0.4, 0.5) is 20.3 Å². The van der Waals surface area contributed by atoms with E-state index in [0.29, 0.717) is 30.0 Å². The summed E-state index contributed by atoms with van der Waals surface area (Å²) in [4.78, 5) is 34.5. The molecule has 2 N–H and O–H groups in total. The Bertz CT molecular complexity index is 1090. The van der Waals surface area contributed by atoms with Crippen LogP contribution in [0.15, 0.2) is 36.5 Å². The number of carbonyl (C=O) groups is 2. The van der Waals surface area contributed by atoms with Gasteiger partial charge in [-0.3, -0.25) is 9.59 Å². The minimum Gasteiger partial charge on any atom is -0.343 e. The highest BCUT2D eigenvalue weighted by Crippen LogP contribution is 2.37. The van der Waals surface area contributed by atoms with E-state index in [1.54, 1.807) is 49.0 Å². The van der Waals surface area contributed by atoms with Crippen molar-refractivity contribution >= 4 is 23.3 Å². The maximum Gasteiger partial charge on any atom is 0.245 e. The first kappa shape index (κ1) is 27.0. The number of likely N-dealkylation sites (N-methyl/N-ethyl adjacent to an activating group) is 1. The molecule has 2 unspecified atom stereocenters. The van der Waals surface area contributed by atoms with E-state index in [9.17, 15) is 14.0 Å². The number of hydrogen-bond acceptors (Lipinski definition) is 5. The SMILES string of the molecule is CNC(C)C(=O)N[C@H](C(=O)N1CCCC1c1cc(N(C)c2ccc(F)cc2)ncc1F)C1CCCCC1. The van der Waals surface area contributed by atoms with Gasteiger partial charge in [0.05, 0.1) is 18.3 Å². The second-order valence-corrected chi connectivity index (χ2v) is 10.2. The first-order chi connectivity index (χ1) is 17.8. The number of amides is 2. The van der Waals surface area contributed by atoms with Crippen molar-refractivity contribution in [3.63, 3.8) is 0 Å². The standard InChI is InChI=1S/C28H37F2N5O2/c1-18(31-2)27(36)33-26(19-8-5-4-6-9-19)28(37)35-15-7-10-24(35)22-16-25(32-17-23(22)30)34(3)21-13-11-20(29)12-14-21/h11-14,16-19,24,26,31H,4-10,15H2,1-3H3,(H,33,36)/t18?,24?,26-/m0/s1. The number of pyridine rings is 1. The summed E-state index contributed by atoms with van der Waals surface area (Å²) in [5, 5.41) is 5.96. The molecule has 0 bridgehead atoms. The van der Waals surface area contributed by atoms with Crippen molar-refractivity contribution in [3.05, 3.63) is 53.7 Å². The van der Waals surface area contributed by atoms with Gasteiger partial charge in [0.15, 0.2) is 0 Å². The van der Waals surface area contributed by atoms with Crippen LogP contribution in [0.1, 0.15) is 63.5 Å². The lowest BCUT2D eigenvalue weighted by Gasteiger charge is -2.35. The van der Waals surface area contributed by atoms with Crippen LogP contribution in [0.5, 0.6) is 0 Å². The molecule has 2 amide bonds. The zero-order chi connectivity index (χ0) is 26.5. The lowest BCUT2D eigenvalue weighted by molar-refractivity contribution is -0.139. The maximum atomic E-state index is 15.1. The van der Waals surface area contributed by atoms with Crippen LogP contribution in [0.25, 0.3) is 0 Å². The van der Waals surface area contributed by atoms with Crippen LogP contribution >= 0.6 is 0 Å². The summed E-state index contributed by atoms with van der Waals surface area (Å²) in [6.07, 6.45) is 7.54. The largest absolute Gasteiger partial charge is 0.343 e. The summed E-state index contributed by atoms with van der Waals surface area (Å²) in [6, 6.07) is 6.17. The summed E-state index contributed by atoms with van der Waals surface area (Å²) in [5.41, 5.74) is 1.12. The number of rotatable bonds is 8. The average Bonchev–Trinajstić information content (AvgIpc) is 3.41. The Labute approximate surface area is 217 Å². The molecular formula is C28H37F2N5O2. The van der Waals surface area contributed by atoms with Crippen LogP contribution in [-0.2, 0) is 9.59 Å². The molecule has 1 aromatic heterocycles. The van der Waals surface area contributed by atoms with Crippen molar-refractivity contribution in [1.29, 1.82) is 0 Å². The molecular weight excluding hydrogens is 476 g/mol. The number of nitrogens with one attached hydrogen (secondary N) is 2. The van der Waals surface area contributed by atoms with Gasteiger partial charge >= 0.3 is 0 Å². The molecule has 1 aliphatic heterocycles. The van der Waals surface area contributed by atoms with Gasteiger partial charge in [0.1, 0.15) is 23.5 Å². The van der Waals surface area contributed by atoms with E-state index in [4.69, 9.17) is 0 Å². The van der Waals surface area contributed by atoms with Crippen LogP contribution < -0.4 is 15.5 Å². The Balaban J connectivity index is 1.60. The van der Waals surface area contributed by atoms with E-state index in [1.165, 1.54) is 18.3 Å². The normalized spacial score (nSPS) is 19.9. The van der Waals surface area contributed by atoms with Gasteiger partial charge in [-0.05, 0) is 75.9 Å². The van der Waals surface area contributed by atoms with Gasteiger partial charge in [-0.25, -0.2) is 13.8 Å². The molecule has 2 fully saturated rings. The molecule has 1 saturated carbocycles. The predicted octanol–water partition coefficient (Wildman–Crippen LogP) is 4.46. The van der Waals surface area contributed by atoms with E-state index in [2.05, 4.69) is 15.6 Å². The predicted molar refractivity (Wildman–Crippen MR) is 139 cm³/mol. The zero-order valence-corrected chi connectivity index (χ0v) is 21.8. The quantitative estimate of drug-likeness (QED) is 0.545. The second-order valence-electron chi connectivity index (χ2n) is 10.2. The summed E-state index contributed by atoms with van der Waals surface area (Å²) in [5.74, 6) is -0.590. The molecule has 1 saturated heterocycles. The van der Waals surface area contributed by atoms with Gasteiger partial charge < -0.3 is 20.4 Å². The minimum absolute atomic E-state index is 0.0676. The summed E-state index contributed by atoms with van der Waals surface area (Å²) in [7, 11) is 3.50. The summed E-state index contributed by atoms with van der Waals surface area (Å²) in [6.45, 7) is 2.27. The summed E-state index contributed by atoms with van der Waals surface area (Å²) >= 11 is 0. The number of anilines is 2. The molecule has 1 aromatic carbocycles. The fourth-order valence-electron chi connectivity index (χ4n) is 5.47. The molecule has 1 aliphatic carbocycles. The molecule has 0 spiro atoms. The Morgan fingerprint density at radius 2 is 1.78 bits per heavy atom. The van der Waals surface area contributed by atoms with Crippen LogP contribution in [-0.4, -0.2) is 54.4 Å². The molecule has 2 heterocycles. The third-order valence-corrected chi connectivity index (χ3v) is 7.83. The van der Waals surface area contributed by atoms with E-state index in [-0.39, 0.29) is 23.5 Å². The molecule has 37 heavy (non-hydrogen) atoms. The molecule has 9 heteroatoms. The van der Waals surface area contributed by atoms with Crippen molar-refractivity contribution in [1.82, 2.24) is 20.5 Å². The fraction of sp³-hybridized carbons (Fsp3) is 0.536. The molecule has 2 aliphatic rings. The maximum absolute atomic E-state index is 15.1. The van der Waals surface area contributed by atoms with E-state index >= 15 is 4.39 Å². The van der Waals surface area contributed by atoms with Gasteiger partial charge in [0.25, 0.3) is 0 Å². The van der Waals surface area contributed by atoms with E-state index in [0.717, 1.165) is 38.5 Å². The number of benzene rings is 1. The molecule has 0 radical (unpaired) electrons. The summed E-state index contributed by atoms with van der Waals surface area (Å²) < 4.78 is 28.5. The van der Waals surface area contributed by atoms with Gasteiger partial charge in [0.2, 0.25) is 11.8 Å². The highest BCUT2D eigenvalue weighted by atomic mass is 19.1. The van der Waals surface area contributed by atoms with E-state index < -0.39 is 23.9 Å². The van der Waals surface area contributed by atoms with Crippen LogP contribution in [0.2, 0.25) is 0 Å². The zero-order valence-electron chi connectivity index (χ0n) is 21.8. The number of nitrogens with zero attached hydrogens (tertiary/aromatic N) is 3. The Hall–Kier alpha value is -3.07. The van der Waals surface area contributed by atoms with Gasteiger partial charge in [-0.15, -0.1) is 0 Å². The van der Waals surface area contributed by atoms with E-state index in [1.807, 2.05) is 0 Å². The topological polar surface area (TPSA) is 77.6 Å². The second kappa shape index (κ2) is 12.0. The molecule has 2 aromatic rings. The number of likely N-dealkylation sites (tertiary alicyclic amines) is 1. The first-order valence-electron chi connectivity index (χ1n) is 13.2. The number of aromatic nitrogens is 1. The fourth-order valence-corrected chi connectivity index (χ4v) is 5.47. The van der Waals surface area contributed by atoms with Crippen molar-refractivity contribution in [2.45, 2.75) is 70.0 Å². The lowest BCUT2D eigenvalue weighted by Crippen LogP contribution is -2.55. The smallest absolute Gasteiger partial charge is 0.245 e. The Kier molecular flexibility index (Phi) is 8.74. The van der Waals surface area contributed by atoms with Crippen molar-refractivity contribution in [2.24, 2.45) is 5.92 Å². The lowest BCUT2D eigenvalue weighted by atomic mass is 9.83. The monoisotopic (exact) mass is 513 g/mol. The highest BCUT2D eigenvalue weighted by molar-refractivity contribution is 5.90. The molecule has 3 atom stereocenters. The van der Waals surface area contributed by atoms with Crippen molar-refractivity contribution in [3.8, 4) is 0 Å². The third-order valence-electron chi connectivity index (χ3n) is 7.83. The average molecular weight is 514 g/mol. The molecule has 7 nitrogen and oxygen atoms in total. The van der Waals surface area contributed by atoms with Crippen LogP contribution in [0.3, 0.4) is 0 Å². The van der Waals surface area contributed by atoms with Gasteiger partial charge in [-0.1, -0.05) is 19.3 Å². The number of hydrogen-bond donors (Lipinski definition) is 2. The Morgan fingerprint density at radius 3 is 2.46 bits per heavy atom. The van der Waals surface area contributed by atoms with Crippen molar-refractivity contribution in [2.75, 3.05) is 25.5 Å². The first-order valence-corrected chi connectivity index (χ1v) is 13.2. The number of carbonyl (C=O) groups excluding carboxylic acids is 2. The molecule has 200 valence electrons. The number of halogens is 2. The molecule has 4 rings (SSSR count). The van der Waals surface area contributed by atoms with Gasteiger partial charge in [0, 0.05) is 24.8 Å². The highest BCUT2D eigenvalue weighted by Gasteiger charge is 2.40. The third kappa shape index (κ3) is 6.09. The minimum atomic E-state index is -0.629. The van der Waals surface area contributed by atoms with Crippen molar-refractivity contribution < 1.29 is 18.4 Å². The Morgan fingerprint density at radius 1 is 1.08 bits per heavy atom.